The molecule has 2 aromatic rings. The normalized spacial score (nSPS) is 11.0. The molecule has 0 aliphatic heterocycles. The smallest absolute Gasteiger partial charge is 0.289 e. The van der Waals surface area contributed by atoms with Gasteiger partial charge in [0, 0.05) is 9.64 Å². The summed E-state index contributed by atoms with van der Waals surface area (Å²) in [6.45, 7) is -0.630. The van der Waals surface area contributed by atoms with E-state index in [4.69, 9.17) is 5.73 Å². The van der Waals surface area contributed by atoms with Crippen LogP contribution in [0.15, 0.2) is 53.4 Å². The molecule has 2 aromatic carbocycles. The van der Waals surface area contributed by atoms with E-state index >= 15 is 0 Å². The number of benzene rings is 2. The molecule has 126 valence electrons. The summed E-state index contributed by atoms with van der Waals surface area (Å²) in [5, 5.41) is 11.1. The van der Waals surface area contributed by atoms with E-state index in [1.165, 1.54) is 24.3 Å². The van der Waals surface area contributed by atoms with Crippen LogP contribution in [0.4, 0.5) is 11.4 Å². The van der Waals surface area contributed by atoms with Crippen molar-refractivity contribution in [1.82, 2.24) is 0 Å². The molecule has 0 aliphatic rings. The average Bonchev–Trinajstić information content (AvgIpc) is 2.52. The van der Waals surface area contributed by atoms with Crippen molar-refractivity contribution < 1.29 is 18.1 Å². The van der Waals surface area contributed by atoms with Gasteiger partial charge in [-0.05, 0) is 46.9 Å². The Morgan fingerprint density at radius 1 is 1.21 bits per heavy atom. The van der Waals surface area contributed by atoms with Crippen molar-refractivity contribution in [2.45, 2.75) is 4.90 Å². The van der Waals surface area contributed by atoms with Crippen molar-refractivity contribution in [2.24, 2.45) is 5.73 Å². The van der Waals surface area contributed by atoms with Crippen molar-refractivity contribution in [1.29, 1.82) is 0 Å². The Morgan fingerprint density at radius 3 is 2.46 bits per heavy atom. The number of carbonyl (C=O) groups excluding carboxylic acids is 1. The maximum Gasteiger partial charge on any atom is 0.289 e. The van der Waals surface area contributed by atoms with Gasteiger partial charge in [0.15, 0.2) is 4.90 Å². The Bertz CT molecular complexity index is 901. The second-order valence-electron chi connectivity index (χ2n) is 4.68. The zero-order valence-electron chi connectivity index (χ0n) is 12.1. The van der Waals surface area contributed by atoms with E-state index < -0.39 is 38.0 Å². The van der Waals surface area contributed by atoms with Crippen molar-refractivity contribution in [3.05, 3.63) is 62.2 Å². The number of para-hydroxylation sites is 1. The fraction of sp³-hybridized carbons (Fsp3) is 0.0714. The first kappa shape index (κ1) is 18.1. The number of nitro groups is 1. The Morgan fingerprint density at radius 2 is 1.88 bits per heavy atom. The molecule has 0 atom stereocenters. The molecule has 0 unspecified atom stereocenters. The van der Waals surface area contributed by atoms with Crippen LogP contribution in [0, 0.1) is 13.7 Å². The van der Waals surface area contributed by atoms with Crippen LogP contribution in [0.5, 0.6) is 0 Å². The summed E-state index contributed by atoms with van der Waals surface area (Å²) in [5.41, 5.74) is 4.78. The molecule has 10 heteroatoms. The van der Waals surface area contributed by atoms with E-state index in [-0.39, 0.29) is 5.69 Å². The molecule has 0 spiro atoms. The van der Waals surface area contributed by atoms with Gasteiger partial charge in [0.2, 0.25) is 5.91 Å². The molecule has 0 saturated heterocycles. The number of halogens is 1. The van der Waals surface area contributed by atoms with Crippen molar-refractivity contribution in [2.75, 3.05) is 10.8 Å². The van der Waals surface area contributed by atoms with Gasteiger partial charge in [-0.15, -0.1) is 0 Å². The fourth-order valence-corrected chi connectivity index (χ4v) is 4.14. The monoisotopic (exact) mass is 461 g/mol. The summed E-state index contributed by atoms with van der Waals surface area (Å²) in [6.07, 6.45) is 0. The Kier molecular flexibility index (Phi) is 5.39. The number of rotatable bonds is 6. The number of carbonyl (C=O) groups is 1. The molecule has 0 bridgehead atoms. The van der Waals surface area contributed by atoms with Crippen LogP contribution < -0.4 is 10.0 Å². The highest BCUT2D eigenvalue weighted by molar-refractivity contribution is 14.1. The molecule has 1 amide bonds. The molecule has 0 fully saturated rings. The second kappa shape index (κ2) is 7.13. The lowest BCUT2D eigenvalue weighted by Crippen LogP contribution is -2.38. The van der Waals surface area contributed by atoms with Gasteiger partial charge in [0.05, 0.1) is 10.6 Å². The second-order valence-corrected chi connectivity index (χ2v) is 7.76. The number of nitro benzene ring substituents is 1. The molecule has 8 nitrogen and oxygen atoms in total. The SMILES string of the molecule is NC(=O)CN(c1cccc(I)c1)S(=O)(=O)c1ccccc1[N+](=O)[O-]. The van der Waals surface area contributed by atoms with Crippen LogP contribution in [-0.2, 0) is 14.8 Å². The van der Waals surface area contributed by atoms with Crippen LogP contribution >= 0.6 is 22.6 Å². The highest BCUT2D eigenvalue weighted by Gasteiger charge is 2.32. The molecular weight excluding hydrogens is 449 g/mol. The Hall–Kier alpha value is -2.21. The predicted octanol–water partition coefficient (Wildman–Crippen LogP) is 1.88. The van der Waals surface area contributed by atoms with Gasteiger partial charge < -0.3 is 5.73 Å². The number of nitrogens with zero attached hydrogens (tertiary/aromatic N) is 2. The first-order chi connectivity index (χ1) is 11.2. The van der Waals surface area contributed by atoms with Crippen LogP contribution in [-0.4, -0.2) is 25.8 Å². The van der Waals surface area contributed by atoms with Gasteiger partial charge in [-0.1, -0.05) is 18.2 Å². The number of hydrogen-bond donors (Lipinski definition) is 1. The molecule has 24 heavy (non-hydrogen) atoms. The molecule has 0 radical (unpaired) electrons. The molecule has 0 heterocycles. The minimum Gasteiger partial charge on any atom is -0.368 e. The van der Waals surface area contributed by atoms with Crippen LogP contribution in [0.1, 0.15) is 0 Å². The minimum atomic E-state index is -4.35. The minimum absolute atomic E-state index is 0.193. The molecule has 0 aromatic heterocycles. The van der Waals surface area contributed by atoms with Crippen LogP contribution in [0.25, 0.3) is 0 Å². The first-order valence-corrected chi connectivity index (χ1v) is 9.05. The summed E-state index contributed by atoms with van der Waals surface area (Å²) < 4.78 is 27.3. The number of sulfonamides is 1. The maximum atomic E-state index is 12.9. The van der Waals surface area contributed by atoms with Crippen molar-refractivity contribution in [3.8, 4) is 0 Å². The van der Waals surface area contributed by atoms with E-state index in [0.717, 1.165) is 20.0 Å². The van der Waals surface area contributed by atoms with Gasteiger partial charge in [-0.2, -0.15) is 0 Å². The molecular formula is C14H12IN3O5S. The quantitative estimate of drug-likeness (QED) is 0.400. The van der Waals surface area contributed by atoms with E-state index in [1.807, 2.05) is 22.6 Å². The third-order valence-electron chi connectivity index (χ3n) is 3.03. The number of amides is 1. The third-order valence-corrected chi connectivity index (χ3v) is 5.52. The third kappa shape index (κ3) is 3.82. The zero-order valence-corrected chi connectivity index (χ0v) is 15.1. The molecule has 0 aliphatic carbocycles. The molecule has 2 N–H and O–H groups in total. The lowest BCUT2D eigenvalue weighted by Gasteiger charge is -2.23. The van der Waals surface area contributed by atoms with Crippen molar-refractivity contribution >= 4 is 49.9 Å². The summed E-state index contributed by atoms with van der Waals surface area (Å²) in [4.78, 5) is 21.2. The lowest BCUT2D eigenvalue weighted by molar-refractivity contribution is -0.387. The number of hydrogen-bond acceptors (Lipinski definition) is 5. The van der Waals surface area contributed by atoms with E-state index in [0.29, 0.717) is 0 Å². The largest absolute Gasteiger partial charge is 0.368 e. The Labute approximate surface area is 151 Å². The first-order valence-electron chi connectivity index (χ1n) is 6.53. The molecule has 2 rings (SSSR count). The number of anilines is 1. The average molecular weight is 461 g/mol. The number of primary amides is 1. The van der Waals surface area contributed by atoms with Gasteiger partial charge in [-0.3, -0.25) is 19.2 Å². The summed E-state index contributed by atoms with van der Waals surface area (Å²) >= 11 is 1.99. The fourth-order valence-electron chi connectivity index (χ4n) is 2.03. The van der Waals surface area contributed by atoms with E-state index in [9.17, 15) is 23.3 Å². The summed E-state index contributed by atoms with van der Waals surface area (Å²) in [7, 11) is -4.35. The summed E-state index contributed by atoms with van der Waals surface area (Å²) in [5.74, 6) is -0.879. The maximum absolute atomic E-state index is 12.9. The Balaban J connectivity index is 2.65. The zero-order chi connectivity index (χ0) is 17.9. The van der Waals surface area contributed by atoms with E-state index in [2.05, 4.69) is 0 Å². The van der Waals surface area contributed by atoms with Gasteiger partial charge in [0.25, 0.3) is 15.7 Å². The van der Waals surface area contributed by atoms with E-state index in [1.54, 1.807) is 12.1 Å². The lowest BCUT2D eigenvalue weighted by atomic mass is 10.3. The predicted molar refractivity (Wildman–Crippen MR) is 96.0 cm³/mol. The van der Waals surface area contributed by atoms with Crippen LogP contribution in [0.3, 0.4) is 0 Å². The number of nitrogens with two attached hydrogens (primary N) is 1. The highest BCUT2D eigenvalue weighted by atomic mass is 127. The molecule has 0 saturated carbocycles. The van der Waals surface area contributed by atoms with Crippen LogP contribution in [0.2, 0.25) is 0 Å². The highest BCUT2D eigenvalue weighted by Crippen LogP contribution is 2.30. The van der Waals surface area contributed by atoms with Gasteiger partial charge >= 0.3 is 0 Å². The van der Waals surface area contributed by atoms with Gasteiger partial charge in [-0.25, -0.2) is 8.42 Å². The topological polar surface area (TPSA) is 124 Å². The van der Waals surface area contributed by atoms with Crippen molar-refractivity contribution in [3.63, 3.8) is 0 Å². The van der Waals surface area contributed by atoms with Gasteiger partial charge in [0.1, 0.15) is 6.54 Å². The standard InChI is InChI=1S/C14H12IN3O5S/c15-10-4-3-5-11(8-10)17(9-14(16)19)24(22,23)13-7-2-1-6-12(13)18(20)21/h1-8H,9H2,(H2,16,19). The summed E-state index contributed by atoms with van der Waals surface area (Å²) in [6, 6.07) is 11.3.